The first-order valence-electron chi connectivity index (χ1n) is 4.86. The summed E-state index contributed by atoms with van der Waals surface area (Å²) in [6.45, 7) is 2.49. The Hall–Kier alpha value is -0.420. The quantitative estimate of drug-likeness (QED) is 0.688. The summed E-state index contributed by atoms with van der Waals surface area (Å²) >= 11 is 0. The second-order valence-corrected chi connectivity index (χ2v) is 5.99. The summed E-state index contributed by atoms with van der Waals surface area (Å²) in [4.78, 5) is 11.3. The number of sulfone groups is 1. The smallest absolute Gasteiger partial charge is 0.150 e. The SMILES string of the molecule is CCS(=O)(=O)CCC1COCCC1=O. The number of Topliss-reactive ketones (excluding diaryl/α,β-unsaturated/α-hetero) is 1. The van der Waals surface area contributed by atoms with Crippen molar-refractivity contribution in [2.24, 2.45) is 5.92 Å². The lowest BCUT2D eigenvalue weighted by Gasteiger charge is -2.20. The predicted molar refractivity (Wildman–Crippen MR) is 52.9 cm³/mol. The van der Waals surface area contributed by atoms with Crippen molar-refractivity contribution in [2.75, 3.05) is 24.7 Å². The Labute approximate surface area is 84.6 Å². The Morgan fingerprint density at radius 3 is 2.79 bits per heavy atom. The van der Waals surface area contributed by atoms with Gasteiger partial charge in [-0.25, -0.2) is 8.42 Å². The number of ether oxygens (including phenoxy) is 1. The molecule has 1 heterocycles. The fourth-order valence-electron chi connectivity index (χ4n) is 1.41. The van der Waals surface area contributed by atoms with E-state index in [1.165, 1.54) is 0 Å². The van der Waals surface area contributed by atoms with Crippen LogP contribution in [0.3, 0.4) is 0 Å². The van der Waals surface area contributed by atoms with Gasteiger partial charge in [0.1, 0.15) is 15.6 Å². The van der Waals surface area contributed by atoms with Gasteiger partial charge in [-0.1, -0.05) is 6.92 Å². The minimum Gasteiger partial charge on any atom is -0.380 e. The van der Waals surface area contributed by atoms with Gasteiger partial charge in [-0.15, -0.1) is 0 Å². The molecule has 0 saturated carbocycles. The van der Waals surface area contributed by atoms with E-state index in [4.69, 9.17) is 4.74 Å². The molecule has 0 aliphatic carbocycles. The van der Waals surface area contributed by atoms with Gasteiger partial charge < -0.3 is 4.74 Å². The molecule has 0 aromatic heterocycles. The predicted octanol–water partition coefficient (Wildman–Crippen LogP) is 0.417. The molecule has 0 aromatic rings. The molecule has 5 heteroatoms. The van der Waals surface area contributed by atoms with E-state index in [1.807, 2.05) is 0 Å². The van der Waals surface area contributed by atoms with E-state index in [9.17, 15) is 13.2 Å². The van der Waals surface area contributed by atoms with Gasteiger partial charge in [-0.2, -0.15) is 0 Å². The van der Waals surface area contributed by atoms with Crippen molar-refractivity contribution in [1.29, 1.82) is 0 Å². The Morgan fingerprint density at radius 1 is 1.50 bits per heavy atom. The number of rotatable bonds is 4. The molecule has 0 N–H and O–H groups in total. The van der Waals surface area contributed by atoms with Crippen LogP contribution >= 0.6 is 0 Å². The first kappa shape index (κ1) is 11.7. The Balaban J connectivity index is 2.40. The van der Waals surface area contributed by atoms with E-state index in [0.717, 1.165) is 0 Å². The molecule has 0 spiro atoms. The summed E-state index contributed by atoms with van der Waals surface area (Å²) in [5, 5.41) is 0. The van der Waals surface area contributed by atoms with Crippen molar-refractivity contribution in [3.63, 3.8) is 0 Å². The summed E-state index contributed by atoms with van der Waals surface area (Å²) in [6, 6.07) is 0. The number of carbonyl (C=O) groups is 1. The topological polar surface area (TPSA) is 60.4 Å². The van der Waals surface area contributed by atoms with Crippen molar-refractivity contribution in [3.05, 3.63) is 0 Å². The lowest BCUT2D eigenvalue weighted by atomic mass is 9.98. The standard InChI is InChI=1S/C9H16O4S/c1-2-14(11,12)6-4-8-7-13-5-3-9(8)10/h8H,2-7H2,1H3. The zero-order chi connectivity index (χ0) is 10.6. The van der Waals surface area contributed by atoms with Gasteiger partial charge in [-0.3, -0.25) is 4.79 Å². The molecular formula is C9H16O4S. The fraction of sp³-hybridized carbons (Fsp3) is 0.889. The molecule has 82 valence electrons. The van der Waals surface area contributed by atoms with Crippen molar-refractivity contribution in [3.8, 4) is 0 Å². The third-order valence-corrected chi connectivity index (χ3v) is 4.22. The maximum Gasteiger partial charge on any atom is 0.150 e. The fourth-order valence-corrected chi connectivity index (χ4v) is 2.34. The molecule has 1 saturated heterocycles. The lowest BCUT2D eigenvalue weighted by Crippen LogP contribution is -2.29. The molecule has 1 fully saturated rings. The zero-order valence-corrected chi connectivity index (χ0v) is 9.18. The number of hydrogen-bond acceptors (Lipinski definition) is 4. The Bertz CT molecular complexity index is 294. The van der Waals surface area contributed by atoms with Crippen LogP contribution in [-0.4, -0.2) is 38.9 Å². The third-order valence-electron chi connectivity index (χ3n) is 2.48. The molecule has 1 aliphatic rings. The minimum atomic E-state index is -2.95. The van der Waals surface area contributed by atoms with Gasteiger partial charge in [0, 0.05) is 18.1 Å². The van der Waals surface area contributed by atoms with Crippen LogP contribution in [0.25, 0.3) is 0 Å². The van der Waals surface area contributed by atoms with Gasteiger partial charge in [-0.05, 0) is 6.42 Å². The third kappa shape index (κ3) is 3.38. The average molecular weight is 220 g/mol. The minimum absolute atomic E-state index is 0.100. The summed E-state index contributed by atoms with van der Waals surface area (Å²) < 4.78 is 27.5. The van der Waals surface area contributed by atoms with E-state index in [2.05, 4.69) is 0 Å². The second kappa shape index (κ2) is 4.89. The van der Waals surface area contributed by atoms with Crippen LogP contribution in [0, 0.1) is 5.92 Å². The van der Waals surface area contributed by atoms with Crippen LogP contribution in [0.15, 0.2) is 0 Å². The Kier molecular flexibility index (Phi) is 4.07. The van der Waals surface area contributed by atoms with E-state index in [-0.39, 0.29) is 23.2 Å². The first-order valence-corrected chi connectivity index (χ1v) is 6.68. The van der Waals surface area contributed by atoms with Crippen LogP contribution in [0.5, 0.6) is 0 Å². The van der Waals surface area contributed by atoms with Crippen molar-refractivity contribution >= 4 is 15.6 Å². The molecule has 0 bridgehead atoms. The van der Waals surface area contributed by atoms with E-state index >= 15 is 0 Å². The Morgan fingerprint density at radius 2 is 2.21 bits per heavy atom. The monoisotopic (exact) mass is 220 g/mol. The summed E-state index contributed by atoms with van der Waals surface area (Å²) in [7, 11) is -2.95. The molecule has 14 heavy (non-hydrogen) atoms. The lowest BCUT2D eigenvalue weighted by molar-refractivity contribution is -0.130. The number of carbonyl (C=O) groups excluding carboxylic acids is 1. The van der Waals surface area contributed by atoms with Gasteiger partial charge in [0.05, 0.1) is 19.0 Å². The molecular weight excluding hydrogens is 204 g/mol. The number of hydrogen-bond donors (Lipinski definition) is 0. The highest BCUT2D eigenvalue weighted by Crippen LogP contribution is 2.14. The molecule has 1 unspecified atom stereocenters. The second-order valence-electron chi connectivity index (χ2n) is 3.51. The molecule has 0 radical (unpaired) electrons. The van der Waals surface area contributed by atoms with Crippen LogP contribution in [0.4, 0.5) is 0 Å². The normalized spacial score (nSPS) is 23.8. The van der Waals surface area contributed by atoms with Crippen LogP contribution in [0.1, 0.15) is 19.8 Å². The highest BCUT2D eigenvalue weighted by molar-refractivity contribution is 7.91. The average Bonchev–Trinajstić information content (AvgIpc) is 2.17. The van der Waals surface area contributed by atoms with Gasteiger partial charge >= 0.3 is 0 Å². The highest BCUT2D eigenvalue weighted by Gasteiger charge is 2.24. The highest BCUT2D eigenvalue weighted by atomic mass is 32.2. The number of ketones is 1. The largest absolute Gasteiger partial charge is 0.380 e. The van der Waals surface area contributed by atoms with Gasteiger partial charge in [0.15, 0.2) is 0 Å². The van der Waals surface area contributed by atoms with Crippen molar-refractivity contribution < 1.29 is 17.9 Å². The molecule has 1 rings (SSSR count). The molecule has 0 amide bonds. The van der Waals surface area contributed by atoms with E-state index < -0.39 is 9.84 Å². The maximum atomic E-state index is 11.3. The first-order chi connectivity index (χ1) is 6.55. The van der Waals surface area contributed by atoms with E-state index in [1.54, 1.807) is 6.92 Å². The summed E-state index contributed by atoms with van der Waals surface area (Å²) in [5.74, 6) is 0.186. The molecule has 4 nitrogen and oxygen atoms in total. The molecule has 0 aromatic carbocycles. The van der Waals surface area contributed by atoms with Crippen LogP contribution in [-0.2, 0) is 19.4 Å². The summed E-state index contributed by atoms with van der Waals surface area (Å²) in [6.07, 6.45) is 0.839. The van der Waals surface area contributed by atoms with Crippen LogP contribution in [0.2, 0.25) is 0 Å². The zero-order valence-electron chi connectivity index (χ0n) is 8.36. The van der Waals surface area contributed by atoms with Crippen LogP contribution < -0.4 is 0 Å². The van der Waals surface area contributed by atoms with E-state index in [0.29, 0.717) is 26.1 Å². The van der Waals surface area contributed by atoms with Crippen molar-refractivity contribution in [2.45, 2.75) is 19.8 Å². The molecule has 1 aliphatic heterocycles. The van der Waals surface area contributed by atoms with Gasteiger partial charge in [0.2, 0.25) is 0 Å². The van der Waals surface area contributed by atoms with Gasteiger partial charge in [0.25, 0.3) is 0 Å². The maximum absolute atomic E-state index is 11.3. The summed E-state index contributed by atoms with van der Waals surface area (Å²) in [5.41, 5.74) is 0. The molecule has 1 atom stereocenters. The van der Waals surface area contributed by atoms with Crippen molar-refractivity contribution in [1.82, 2.24) is 0 Å².